The predicted octanol–water partition coefficient (Wildman–Crippen LogP) is 2.81. The van der Waals surface area contributed by atoms with Gasteiger partial charge in [-0.2, -0.15) is 4.98 Å². The molecule has 1 aliphatic rings. The van der Waals surface area contributed by atoms with Gasteiger partial charge < -0.3 is 14.5 Å². The first-order valence-electron chi connectivity index (χ1n) is 8.57. The van der Waals surface area contributed by atoms with Crippen molar-refractivity contribution in [1.29, 1.82) is 0 Å². The van der Waals surface area contributed by atoms with E-state index in [1.165, 1.54) is 6.07 Å². The number of hydrogen-bond donors (Lipinski definition) is 0. The molecular weight excluding hydrogens is 333 g/mol. The van der Waals surface area contributed by atoms with Gasteiger partial charge in [-0.3, -0.25) is 9.97 Å². The van der Waals surface area contributed by atoms with Crippen molar-refractivity contribution in [3.63, 3.8) is 0 Å². The average molecular weight is 353 g/mol. The molecule has 0 bridgehead atoms. The average Bonchev–Trinajstić information content (AvgIpc) is 2.68. The number of rotatable bonds is 3. The largest absolute Gasteiger partial charge is 0.480 e. The first kappa shape index (κ1) is 16.5. The molecular formula is C19H20FN5O. The summed E-state index contributed by atoms with van der Waals surface area (Å²) in [4.78, 5) is 17.6. The quantitative estimate of drug-likeness (QED) is 0.722. The van der Waals surface area contributed by atoms with Gasteiger partial charge in [-0.1, -0.05) is 0 Å². The molecule has 0 N–H and O–H groups in total. The number of benzene rings is 1. The van der Waals surface area contributed by atoms with E-state index in [4.69, 9.17) is 4.74 Å². The molecule has 1 aromatic carbocycles. The van der Waals surface area contributed by atoms with Crippen molar-refractivity contribution in [2.24, 2.45) is 0 Å². The number of nitrogens with zero attached hydrogens (tertiary/aromatic N) is 5. The lowest BCUT2D eigenvalue weighted by Gasteiger charge is -2.37. The van der Waals surface area contributed by atoms with E-state index in [1.807, 2.05) is 13.0 Å². The first-order valence-corrected chi connectivity index (χ1v) is 8.57. The fourth-order valence-corrected chi connectivity index (χ4v) is 3.34. The molecule has 7 heteroatoms. The molecule has 26 heavy (non-hydrogen) atoms. The Hall–Kier alpha value is -2.96. The molecule has 3 aromatic rings. The van der Waals surface area contributed by atoms with Crippen LogP contribution in [0.5, 0.6) is 5.88 Å². The smallest absolute Gasteiger partial charge is 0.233 e. The molecule has 0 saturated carbocycles. The van der Waals surface area contributed by atoms with Crippen LogP contribution in [0.3, 0.4) is 0 Å². The van der Waals surface area contributed by atoms with Crippen molar-refractivity contribution < 1.29 is 9.13 Å². The van der Waals surface area contributed by atoms with E-state index in [9.17, 15) is 4.39 Å². The Morgan fingerprint density at radius 2 is 1.77 bits per heavy atom. The summed E-state index contributed by atoms with van der Waals surface area (Å²) >= 11 is 0. The van der Waals surface area contributed by atoms with Crippen LogP contribution in [0.25, 0.3) is 10.9 Å². The summed E-state index contributed by atoms with van der Waals surface area (Å²) in [6.07, 6.45) is 3.35. The van der Waals surface area contributed by atoms with Crippen LogP contribution in [0.1, 0.15) is 5.69 Å². The highest BCUT2D eigenvalue weighted by atomic mass is 19.1. The van der Waals surface area contributed by atoms with Gasteiger partial charge in [0, 0.05) is 42.9 Å². The highest BCUT2D eigenvalue weighted by Crippen LogP contribution is 2.29. The molecule has 0 atom stereocenters. The van der Waals surface area contributed by atoms with Gasteiger partial charge in [0.25, 0.3) is 0 Å². The van der Waals surface area contributed by atoms with E-state index >= 15 is 0 Å². The maximum Gasteiger partial charge on any atom is 0.233 e. The van der Waals surface area contributed by atoms with Gasteiger partial charge in [0.1, 0.15) is 5.82 Å². The fourth-order valence-electron chi connectivity index (χ4n) is 3.34. The van der Waals surface area contributed by atoms with Crippen LogP contribution in [0.2, 0.25) is 0 Å². The zero-order valence-electron chi connectivity index (χ0n) is 14.8. The molecule has 0 aliphatic carbocycles. The number of hydrogen-bond acceptors (Lipinski definition) is 6. The summed E-state index contributed by atoms with van der Waals surface area (Å²) in [6.45, 7) is 5.20. The van der Waals surface area contributed by atoms with Gasteiger partial charge in [-0.25, -0.2) is 4.39 Å². The summed E-state index contributed by atoms with van der Waals surface area (Å²) in [5.74, 6) is 1.08. The summed E-state index contributed by atoms with van der Waals surface area (Å²) in [6, 6.07) is 6.79. The van der Waals surface area contributed by atoms with Crippen molar-refractivity contribution in [3.05, 3.63) is 48.2 Å². The SMILES string of the molecule is COc1cncc(N2CCN(c3cc(C)nc4ccc(F)cc34)CC2)n1. The molecule has 4 rings (SSSR count). The fraction of sp³-hybridized carbons (Fsp3) is 0.316. The number of fused-ring (bicyclic) bond motifs is 1. The lowest BCUT2D eigenvalue weighted by atomic mass is 10.1. The number of pyridine rings is 1. The van der Waals surface area contributed by atoms with E-state index in [0.29, 0.717) is 5.88 Å². The zero-order chi connectivity index (χ0) is 18.1. The standard InChI is InChI=1S/C19H20FN5O/c1-13-9-17(15-10-14(20)3-4-16(15)22-13)24-5-7-25(8-6-24)18-11-21-12-19(23-18)26-2/h3-4,9-12H,5-8H2,1-2H3. The van der Waals surface area contributed by atoms with Gasteiger partial charge in [0.15, 0.2) is 5.82 Å². The van der Waals surface area contributed by atoms with E-state index < -0.39 is 0 Å². The molecule has 0 radical (unpaired) electrons. The van der Waals surface area contributed by atoms with E-state index in [1.54, 1.807) is 31.6 Å². The predicted molar refractivity (Wildman–Crippen MR) is 99.4 cm³/mol. The summed E-state index contributed by atoms with van der Waals surface area (Å²) in [5.41, 5.74) is 2.78. The Labute approximate surface area is 151 Å². The summed E-state index contributed by atoms with van der Waals surface area (Å²) < 4.78 is 18.9. The number of piperazine rings is 1. The van der Waals surface area contributed by atoms with Gasteiger partial charge >= 0.3 is 0 Å². The normalized spacial score (nSPS) is 14.7. The second kappa shape index (κ2) is 6.74. The zero-order valence-corrected chi connectivity index (χ0v) is 14.8. The molecule has 0 unspecified atom stereocenters. The molecule has 1 fully saturated rings. The lowest BCUT2D eigenvalue weighted by Crippen LogP contribution is -2.47. The molecule has 6 nitrogen and oxygen atoms in total. The maximum absolute atomic E-state index is 13.8. The third-order valence-corrected chi connectivity index (χ3v) is 4.63. The number of aromatic nitrogens is 3. The Bertz CT molecular complexity index is 940. The minimum atomic E-state index is -0.241. The summed E-state index contributed by atoms with van der Waals surface area (Å²) in [7, 11) is 1.59. The van der Waals surface area contributed by atoms with Crippen LogP contribution in [0.4, 0.5) is 15.9 Å². The number of anilines is 2. The van der Waals surface area contributed by atoms with Crippen LogP contribution < -0.4 is 14.5 Å². The molecule has 0 amide bonds. The van der Waals surface area contributed by atoms with Crippen molar-refractivity contribution in [2.75, 3.05) is 43.1 Å². The Balaban J connectivity index is 1.58. The second-order valence-corrected chi connectivity index (χ2v) is 6.34. The number of methoxy groups -OCH3 is 1. The van der Waals surface area contributed by atoms with Crippen LogP contribution in [0.15, 0.2) is 36.7 Å². The van der Waals surface area contributed by atoms with Crippen LogP contribution >= 0.6 is 0 Å². The van der Waals surface area contributed by atoms with E-state index in [-0.39, 0.29) is 5.82 Å². The topological polar surface area (TPSA) is 54.4 Å². The van der Waals surface area contributed by atoms with E-state index in [2.05, 4.69) is 24.8 Å². The second-order valence-electron chi connectivity index (χ2n) is 6.34. The highest BCUT2D eigenvalue weighted by molar-refractivity contribution is 5.92. The molecule has 2 aromatic heterocycles. The van der Waals surface area contributed by atoms with Crippen molar-refractivity contribution >= 4 is 22.4 Å². The van der Waals surface area contributed by atoms with E-state index in [0.717, 1.165) is 54.3 Å². The number of halogens is 1. The molecule has 3 heterocycles. The minimum absolute atomic E-state index is 0.241. The minimum Gasteiger partial charge on any atom is -0.480 e. The van der Waals surface area contributed by atoms with Crippen molar-refractivity contribution in [2.45, 2.75) is 6.92 Å². The summed E-state index contributed by atoms with van der Waals surface area (Å²) in [5, 5.41) is 0.852. The molecule has 1 saturated heterocycles. The van der Waals surface area contributed by atoms with Gasteiger partial charge in [0.05, 0.1) is 25.0 Å². The Morgan fingerprint density at radius 3 is 2.54 bits per heavy atom. The first-order chi connectivity index (χ1) is 12.6. The third kappa shape index (κ3) is 3.12. The lowest BCUT2D eigenvalue weighted by molar-refractivity contribution is 0.395. The number of aryl methyl sites for hydroxylation is 1. The Morgan fingerprint density at radius 1 is 1.00 bits per heavy atom. The van der Waals surface area contributed by atoms with Gasteiger partial charge in [-0.05, 0) is 31.2 Å². The van der Waals surface area contributed by atoms with Crippen LogP contribution in [-0.4, -0.2) is 48.2 Å². The van der Waals surface area contributed by atoms with Crippen LogP contribution in [0, 0.1) is 12.7 Å². The van der Waals surface area contributed by atoms with Crippen molar-refractivity contribution in [3.8, 4) is 5.88 Å². The number of ether oxygens (including phenoxy) is 1. The maximum atomic E-state index is 13.8. The molecule has 0 spiro atoms. The third-order valence-electron chi connectivity index (χ3n) is 4.63. The van der Waals surface area contributed by atoms with Gasteiger partial charge in [-0.15, -0.1) is 0 Å². The highest BCUT2D eigenvalue weighted by Gasteiger charge is 2.21. The van der Waals surface area contributed by atoms with Crippen molar-refractivity contribution in [1.82, 2.24) is 15.0 Å². The molecule has 134 valence electrons. The Kier molecular flexibility index (Phi) is 4.28. The van der Waals surface area contributed by atoms with Crippen LogP contribution in [-0.2, 0) is 0 Å². The molecule has 1 aliphatic heterocycles. The monoisotopic (exact) mass is 353 g/mol. The van der Waals surface area contributed by atoms with Gasteiger partial charge in [0.2, 0.25) is 5.88 Å².